The zero-order valence-corrected chi connectivity index (χ0v) is 8.86. The number of nitrogens with zero attached hydrogens (tertiary/aromatic N) is 1. The van der Waals surface area contributed by atoms with Crippen molar-refractivity contribution in [1.29, 1.82) is 0 Å². The molecule has 1 aromatic carbocycles. The molecule has 0 bridgehead atoms. The predicted molar refractivity (Wildman–Crippen MR) is 59.4 cm³/mol. The van der Waals surface area contributed by atoms with Gasteiger partial charge in [-0.2, -0.15) is 0 Å². The standard InChI is InChI=1S/C10H8N2O3S/c11-9(15)5-1-2-6(8(14)7(5)13)10-12-3-4-16-10/h1-4,13-14H,(H2,11,15). The van der Waals surface area contributed by atoms with E-state index in [9.17, 15) is 15.0 Å². The molecule has 0 aliphatic carbocycles. The van der Waals surface area contributed by atoms with Gasteiger partial charge in [0, 0.05) is 11.6 Å². The molecule has 2 rings (SSSR count). The molecule has 2 aromatic rings. The maximum Gasteiger partial charge on any atom is 0.252 e. The van der Waals surface area contributed by atoms with Crippen LogP contribution in [0.25, 0.3) is 10.6 Å². The monoisotopic (exact) mass is 236 g/mol. The molecule has 0 atom stereocenters. The smallest absolute Gasteiger partial charge is 0.252 e. The quantitative estimate of drug-likeness (QED) is 0.685. The van der Waals surface area contributed by atoms with E-state index in [1.807, 2.05) is 0 Å². The molecule has 5 nitrogen and oxygen atoms in total. The van der Waals surface area contributed by atoms with Crippen LogP contribution in [0.15, 0.2) is 23.7 Å². The van der Waals surface area contributed by atoms with E-state index in [0.717, 1.165) is 0 Å². The van der Waals surface area contributed by atoms with Crippen LogP contribution in [0.5, 0.6) is 11.5 Å². The van der Waals surface area contributed by atoms with Crippen molar-refractivity contribution in [3.05, 3.63) is 29.3 Å². The molecule has 0 spiro atoms. The van der Waals surface area contributed by atoms with Gasteiger partial charge in [-0.05, 0) is 12.1 Å². The second-order valence-corrected chi connectivity index (χ2v) is 3.95. The first-order valence-corrected chi connectivity index (χ1v) is 5.24. The molecule has 4 N–H and O–H groups in total. The number of nitrogens with two attached hydrogens (primary N) is 1. The van der Waals surface area contributed by atoms with E-state index in [1.165, 1.54) is 23.5 Å². The third-order valence-electron chi connectivity index (χ3n) is 2.08. The summed E-state index contributed by atoms with van der Waals surface area (Å²) in [5, 5.41) is 21.6. The van der Waals surface area contributed by atoms with Gasteiger partial charge in [0.05, 0.1) is 11.1 Å². The highest BCUT2D eigenvalue weighted by atomic mass is 32.1. The van der Waals surface area contributed by atoms with Crippen LogP contribution in [0.1, 0.15) is 10.4 Å². The fraction of sp³-hybridized carbons (Fsp3) is 0. The zero-order chi connectivity index (χ0) is 11.7. The van der Waals surface area contributed by atoms with Gasteiger partial charge in [-0.1, -0.05) is 0 Å². The summed E-state index contributed by atoms with van der Waals surface area (Å²) in [6.07, 6.45) is 1.58. The number of hydrogen-bond acceptors (Lipinski definition) is 5. The van der Waals surface area contributed by atoms with Gasteiger partial charge >= 0.3 is 0 Å². The minimum absolute atomic E-state index is 0.113. The zero-order valence-electron chi connectivity index (χ0n) is 8.04. The second-order valence-electron chi connectivity index (χ2n) is 3.06. The van der Waals surface area contributed by atoms with Crippen molar-refractivity contribution in [3.8, 4) is 22.1 Å². The first-order valence-electron chi connectivity index (χ1n) is 4.36. The molecule has 0 aliphatic rings. The summed E-state index contributed by atoms with van der Waals surface area (Å²) in [6.45, 7) is 0. The van der Waals surface area contributed by atoms with Gasteiger partial charge in [0.2, 0.25) is 0 Å². The number of carbonyl (C=O) groups excluding carboxylic acids is 1. The Bertz CT molecular complexity index is 537. The number of aromatic nitrogens is 1. The third-order valence-corrected chi connectivity index (χ3v) is 2.89. The van der Waals surface area contributed by atoms with Gasteiger partial charge < -0.3 is 15.9 Å². The first-order chi connectivity index (χ1) is 7.61. The average molecular weight is 236 g/mol. The van der Waals surface area contributed by atoms with Crippen molar-refractivity contribution in [2.24, 2.45) is 5.73 Å². The molecular formula is C10H8N2O3S. The Hall–Kier alpha value is -2.08. The van der Waals surface area contributed by atoms with Gasteiger partial charge in [0.25, 0.3) is 5.91 Å². The Morgan fingerprint density at radius 3 is 2.62 bits per heavy atom. The highest BCUT2D eigenvalue weighted by molar-refractivity contribution is 7.13. The van der Waals surface area contributed by atoms with Crippen LogP contribution in [-0.2, 0) is 0 Å². The Labute approximate surface area is 94.8 Å². The molecule has 0 saturated carbocycles. The molecule has 1 aromatic heterocycles. The minimum atomic E-state index is -0.793. The molecule has 0 unspecified atom stereocenters. The number of aromatic hydroxyl groups is 2. The Morgan fingerprint density at radius 1 is 1.31 bits per heavy atom. The van der Waals surface area contributed by atoms with Crippen LogP contribution in [0.3, 0.4) is 0 Å². The maximum absolute atomic E-state index is 10.9. The van der Waals surface area contributed by atoms with Crippen LogP contribution in [0, 0.1) is 0 Å². The van der Waals surface area contributed by atoms with Gasteiger partial charge in [-0.3, -0.25) is 4.79 Å². The normalized spacial score (nSPS) is 10.2. The van der Waals surface area contributed by atoms with E-state index < -0.39 is 11.7 Å². The predicted octanol–water partition coefficient (Wildman–Crippen LogP) is 1.32. The lowest BCUT2D eigenvalue weighted by Gasteiger charge is -2.06. The van der Waals surface area contributed by atoms with Gasteiger partial charge in [0.1, 0.15) is 5.01 Å². The van der Waals surface area contributed by atoms with Crippen molar-refractivity contribution >= 4 is 17.2 Å². The lowest BCUT2D eigenvalue weighted by Crippen LogP contribution is -2.11. The number of rotatable bonds is 2. The fourth-order valence-electron chi connectivity index (χ4n) is 1.31. The third kappa shape index (κ3) is 1.59. The van der Waals surface area contributed by atoms with E-state index in [-0.39, 0.29) is 11.3 Å². The van der Waals surface area contributed by atoms with Crippen molar-refractivity contribution < 1.29 is 15.0 Å². The molecule has 82 valence electrons. The van der Waals surface area contributed by atoms with Gasteiger partial charge in [-0.25, -0.2) is 4.98 Å². The van der Waals surface area contributed by atoms with E-state index >= 15 is 0 Å². The maximum atomic E-state index is 10.9. The number of hydrogen-bond donors (Lipinski definition) is 3. The topological polar surface area (TPSA) is 96.4 Å². The van der Waals surface area contributed by atoms with E-state index in [1.54, 1.807) is 11.6 Å². The second kappa shape index (κ2) is 3.82. The summed E-state index contributed by atoms with van der Waals surface area (Å²) in [5.74, 6) is -1.69. The molecule has 1 heterocycles. The number of benzene rings is 1. The highest BCUT2D eigenvalue weighted by Crippen LogP contribution is 2.39. The molecule has 0 aliphatic heterocycles. The fourth-order valence-corrected chi connectivity index (χ4v) is 1.97. The molecule has 6 heteroatoms. The molecule has 0 saturated heterocycles. The van der Waals surface area contributed by atoms with Crippen molar-refractivity contribution in [2.45, 2.75) is 0 Å². The highest BCUT2D eigenvalue weighted by Gasteiger charge is 2.17. The summed E-state index contributed by atoms with van der Waals surface area (Å²) in [7, 11) is 0. The van der Waals surface area contributed by atoms with Gasteiger partial charge in [-0.15, -0.1) is 11.3 Å². The summed E-state index contributed by atoms with van der Waals surface area (Å²) in [5.41, 5.74) is 5.29. The van der Waals surface area contributed by atoms with Crippen molar-refractivity contribution in [1.82, 2.24) is 4.98 Å². The van der Waals surface area contributed by atoms with E-state index in [0.29, 0.717) is 10.6 Å². The Kier molecular flexibility index (Phi) is 2.49. The Balaban J connectivity index is 2.60. The number of amides is 1. The SMILES string of the molecule is NC(=O)c1ccc(-c2nccs2)c(O)c1O. The average Bonchev–Trinajstić information content (AvgIpc) is 2.74. The molecule has 16 heavy (non-hydrogen) atoms. The number of carbonyl (C=O) groups is 1. The van der Waals surface area contributed by atoms with E-state index in [2.05, 4.69) is 4.98 Å². The lowest BCUT2D eigenvalue weighted by molar-refractivity contribution is 0.0997. The van der Waals surface area contributed by atoms with Crippen molar-refractivity contribution in [3.63, 3.8) is 0 Å². The molecule has 0 radical (unpaired) electrons. The summed E-state index contributed by atoms with van der Waals surface area (Å²) in [4.78, 5) is 14.9. The first kappa shape index (κ1) is 10.4. The van der Waals surface area contributed by atoms with Crippen molar-refractivity contribution in [2.75, 3.05) is 0 Å². The van der Waals surface area contributed by atoms with Crippen LogP contribution >= 0.6 is 11.3 Å². The van der Waals surface area contributed by atoms with Crippen LogP contribution in [0.2, 0.25) is 0 Å². The summed E-state index contributed by atoms with van der Waals surface area (Å²) >= 11 is 1.31. The number of phenolic OH excluding ortho intramolecular Hbond substituents is 1. The number of phenols is 2. The van der Waals surface area contributed by atoms with E-state index in [4.69, 9.17) is 5.73 Å². The van der Waals surface area contributed by atoms with Crippen LogP contribution < -0.4 is 5.73 Å². The number of thiazole rings is 1. The van der Waals surface area contributed by atoms with Crippen LogP contribution in [-0.4, -0.2) is 21.1 Å². The molecule has 0 fully saturated rings. The van der Waals surface area contributed by atoms with Gasteiger partial charge in [0.15, 0.2) is 11.5 Å². The van der Waals surface area contributed by atoms with Crippen LogP contribution in [0.4, 0.5) is 0 Å². The summed E-state index contributed by atoms with van der Waals surface area (Å²) in [6, 6.07) is 2.85. The largest absolute Gasteiger partial charge is 0.504 e. The number of primary amides is 1. The molecule has 1 amide bonds. The lowest BCUT2D eigenvalue weighted by atomic mass is 10.1. The Morgan fingerprint density at radius 2 is 2.06 bits per heavy atom. The summed E-state index contributed by atoms with van der Waals surface area (Å²) < 4.78 is 0. The molecular weight excluding hydrogens is 228 g/mol. The minimum Gasteiger partial charge on any atom is -0.504 e.